The van der Waals surface area contributed by atoms with Crippen molar-refractivity contribution in [2.75, 3.05) is 6.61 Å². The van der Waals surface area contributed by atoms with Crippen molar-refractivity contribution in [3.05, 3.63) is 23.8 Å². The second-order valence-electron chi connectivity index (χ2n) is 4.01. The molecule has 4 nitrogen and oxygen atoms in total. The Morgan fingerprint density at radius 2 is 2.06 bits per heavy atom. The number of rotatable bonds is 6. The van der Waals surface area contributed by atoms with E-state index in [0.29, 0.717) is 23.7 Å². The van der Waals surface area contributed by atoms with Crippen LogP contribution in [0, 0.1) is 0 Å². The van der Waals surface area contributed by atoms with Crippen LogP contribution in [0.25, 0.3) is 0 Å². The average Bonchev–Trinajstić information content (AvgIpc) is 2.30. The molecule has 0 fully saturated rings. The molecule has 0 heterocycles. The Kier molecular flexibility index (Phi) is 5.28. The zero-order chi connectivity index (χ0) is 13.7. The van der Waals surface area contributed by atoms with Crippen LogP contribution in [-0.2, 0) is 4.79 Å². The average molecular weight is 273 g/mol. The smallest absolute Gasteiger partial charge is 0.326 e. The molecule has 1 atom stereocenters. The molecule has 1 aromatic rings. The number of ether oxygens (including phenoxy) is 2. The first-order valence-corrected chi connectivity index (χ1v) is 6.19. The van der Waals surface area contributed by atoms with Gasteiger partial charge in [-0.1, -0.05) is 6.07 Å². The summed E-state index contributed by atoms with van der Waals surface area (Å²) in [6.45, 7) is 6.13. The molecule has 0 radical (unpaired) electrons. The van der Waals surface area contributed by atoms with Gasteiger partial charge in [-0.05, 0) is 38.5 Å². The van der Waals surface area contributed by atoms with Crippen molar-refractivity contribution >= 4 is 17.6 Å². The van der Waals surface area contributed by atoms with Crippen LogP contribution >= 0.6 is 11.6 Å². The maximum atomic E-state index is 10.8. The Hall–Kier alpha value is -1.42. The summed E-state index contributed by atoms with van der Waals surface area (Å²) in [5, 5.41) is 7.78. The van der Waals surface area contributed by atoms with Crippen LogP contribution in [0.15, 0.2) is 18.2 Å². The monoisotopic (exact) mass is 272 g/mol. The van der Waals surface area contributed by atoms with E-state index in [0.717, 1.165) is 0 Å². The third kappa shape index (κ3) is 3.81. The lowest BCUT2D eigenvalue weighted by Gasteiger charge is -2.16. The summed E-state index contributed by atoms with van der Waals surface area (Å²) in [7, 11) is 0. The van der Waals surface area contributed by atoms with Crippen molar-refractivity contribution in [1.82, 2.24) is 0 Å². The Morgan fingerprint density at radius 1 is 1.39 bits per heavy atom. The molecule has 1 aromatic carbocycles. The Bertz CT molecular complexity index is 417. The molecule has 0 aliphatic carbocycles. The van der Waals surface area contributed by atoms with E-state index in [1.165, 1.54) is 0 Å². The van der Waals surface area contributed by atoms with Crippen LogP contribution < -0.4 is 9.47 Å². The third-order valence-electron chi connectivity index (χ3n) is 2.14. The minimum absolute atomic E-state index is 0.0151. The number of hydrogen-bond donors (Lipinski definition) is 1. The van der Waals surface area contributed by atoms with Crippen molar-refractivity contribution in [3.8, 4) is 11.5 Å². The fraction of sp³-hybridized carbons (Fsp3) is 0.462. The zero-order valence-corrected chi connectivity index (χ0v) is 11.4. The zero-order valence-electron chi connectivity index (χ0n) is 10.6. The summed E-state index contributed by atoms with van der Waals surface area (Å²) in [6, 6.07) is 4.91. The lowest BCUT2D eigenvalue weighted by molar-refractivity contribution is -0.136. The van der Waals surface area contributed by atoms with Crippen molar-refractivity contribution in [2.45, 2.75) is 32.3 Å². The first-order chi connectivity index (χ1) is 8.45. The van der Waals surface area contributed by atoms with Gasteiger partial charge in [0.1, 0.15) is 0 Å². The number of carbonyl (C=O) groups is 1. The standard InChI is InChI=1S/C13H17ClO4/c1-4-17-11-7-9(12(14)13(15)16)5-6-10(11)18-8(2)3/h5-8,12H,4H2,1-3H3,(H,15,16). The molecule has 0 aliphatic heterocycles. The van der Waals surface area contributed by atoms with Crippen molar-refractivity contribution in [2.24, 2.45) is 0 Å². The maximum Gasteiger partial charge on any atom is 0.326 e. The van der Waals surface area contributed by atoms with E-state index in [4.69, 9.17) is 26.2 Å². The van der Waals surface area contributed by atoms with E-state index in [1.54, 1.807) is 18.2 Å². The fourth-order valence-electron chi connectivity index (χ4n) is 1.44. The van der Waals surface area contributed by atoms with Crippen molar-refractivity contribution in [1.29, 1.82) is 0 Å². The molecule has 5 heteroatoms. The largest absolute Gasteiger partial charge is 0.490 e. The predicted molar refractivity (Wildman–Crippen MR) is 69.6 cm³/mol. The molecule has 0 bridgehead atoms. The Labute approximate surface area is 111 Å². The number of aliphatic carboxylic acids is 1. The van der Waals surface area contributed by atoms with Gasteiger partial charge < -0.3 is 14.6 Å². The molecule has 18 heavy (non-hydrogen) atoms. The van der Waals surface area contributed by atoms with Crippen molar-refractivity contribution in [3.63, 3.8) is 0 Å². The highest BCUT2D eigenvalue weighted by Crippen LogP contribution is 2.33. The van der Waals surface area contributed by atoms with Crippen LogP contribution in [0.1, 0.15) is 31.7 Å². The highest BCUT2D eigenvalue weighted by Gasteiger charge is 2.18. The number of halogens is 1. The summed E-state index contributed by atoms with van der Waals surface area (Å²) in [5.74, 6) is 0.0112. The highest BCUT2D eigenvalue weighted by molar-refractivity contribution is 6.29. The van der Waals surface area contributed by atoms with E-state index in [2.05, 4.69) is 0 Å². The second kappa shape index (κ2) is 6.50. The van der Waals surface area contributed by atoms with Gasteiger partial charge in [0.15, 0.2) is 16.9 Å². The first kappa shape index (κ1) is 14.6. The van der Waals surface area contributed by atoms with E-state index >= 15 is 0 Å². The van der Waals surface area contributed by atoms with Crippen LogP contribution in [0.5, 0.6) is 11.5 Å². The minimum Gasteiger partial charge on any atom is -0.490 e. The van der Waals surface area contributed by atoms with E-state index in [9.17, 15) is 4.79 Å². The molecule has 100 valence electrons. The molecule has 0 spiro atoms. The fourth-order valence-corrected chi connectivity index (χ4v) is 1.58. The van der Waals surface area contributed by atoms with E-state index in [1.807, 2.05) is 20.8 Å². The normalized spacial score (nSPS) is 12.3. The molecule has 1 unspecified atom stereocenters. The van der Waals surface area contributed by atoms with Gasteiger partial charge in [0.05, 0.1) is 12.7 Å². The maximum absolute atomic E-state index is 10.8. The number of carboxylic acids is 1. The van der Waals surface area contributed by atoms with Crippen LogP contribution in [0.2, 0.25) is 0 Å². The van der Waals surface area contributed by atoms with E-state index < -0.39 is 11.3 Å². The molecule has 1 rings (SSSR count). The van der Waals surface area contributed by atoms with Gasteiger partial charge in [0, 0.05) is 0 Å². The molecule has 1 N–H and O–H groups in total. The molecule has 0 amide bonds. The van der Waals surface area contributed by atoms with Gasteiger partial charge in [0.2, 0.25) is 0 Å². The molecule has 0 aliphatic rings. The first-order valence-electron chi connectivity index (χ1n) is 5.76. The van der Waals surface area contributed by atoms with E-state index in [-0.39, 0.29) is 6.10 Å². The summed E-state index contributed by atoms with van der Waals surface area (Å²) < 4.78 is 11.0. The molecule has 0 aromatic heterocycles. The molecular weight excluding hydrogens is 256 g/mol. The SMILES string of the molecule is CCOc1cc(C(Cl)C(=O)O)ccc1OC(C)C. The summed E-state index contributed by atoms with van der Waals surface area (Å²) in [6.07, 6.45) is 0.0151. The van der Waals surface area contributed by atoms with Gasteiger partial charge >= 0.3 is 5.97 Å². The van der Waals surface area contributed by atoms with Crippen LogP contribution in [-0.4, -0.2) is 23.8 Å². The van der Waals surface area contributed by atoms with Crippen LogP contribution in [0.4, 0.5) is 0 Å². The number of carboxylic acid groups (broad SMARTS) is 1. The Balaban J connectivity index is 3.05. The lowest BCUT2D eigenvalue weighted by Crippen LogP contribution is -2.09. The van der Waals surface area contributed by atoms with Gasteiger partial charge in [0.25, 0.3) is 0 Å². The molecule has 0 saturated carbocycles. The molecule has 0 saturated heterocycles. The Morgan fingerprint density at radius 3 is 2.56 bits per heavy atom. The number of hydrogen-bond acceptors (Lipinski definition) is 3. The lowest BCUT2D eigenvalue weighted by atomic mass is 10.1. The van der Waals surface area contributed by atoms with Gasteiger partial charge in [-0.25, -0.2) is 0 Å². The van der Waals surface area contributed by atoms with Crippen molar-refractivity contribution < 1.29 is 19.4 Å². The number of alkyl halides is 1. The quantitative estimate of drug-likeness (QED) is 0.808. The number of benzene rings is 1. The summed E-state index contributed by atoms with van der Waals surface area (Å²) in [4.78, 5) is 10.8. The van der Waals surface area contributed by atoms with Gasteiger partial charge in [-0.15, -0.1) is 11.6 Å². The predicted octanol–water partition coefficient (Wildman–Crippen LogP) is 3.24. The van der Waals surface area contributed by atoms with Crippen LogP contribution in [0.3, 0.4) is 0 Å². The topological polar surface area (TPSA) is 55.8 Å². The third-order valence-corrected chi connectivity index (χ3v) is 2.58. The minimum atomic E-state index is -1.09. The summed E-state index contributed by atoms with van der Waals surface area (Å²) in [5.41, 5.74) is 0.476. The van der Waals surface area contributed by atoms with Gasteiger partial charge in [-0.2, -0.15) is 0 Å². The highest BCUT2D eigenvalue weighted by atomic mass is 35.5. The summed E-state index contributed by atoms with van der Waals surface area (Å²) >= 11 is 5.78. The molecular formula is C13H17ClO4. The second-order valence-corrected chi connectivity index (χ2v) is 4.44. The van der Waals surface area contributed by atoms with Gasteiger partial charge in [-0.3, -0.25) is 4.79 Å².